The van der Waals surface area contributed by atoms with Crippen molar-refractivity contribution >= 4 is 15.8 Å². The van der Waals surface area contributed by atoms with E-state index in [1.54, 1.807) is 36.5 Å². The van der Waals surface area contributed by atoms with Crippen LogP contribution in [-0.2, 0) is 21.8 Å². The molecule has 0 saturated carbocycles. The summed E-state index contributed by atoms with van der Waals surface area (Å²) in [7, 11) is -3.26. The van der Waals surface area contributed by atoms with Crippen molar-refractivity contribution in [1.29, 1.82) is 0 Å². The lowest BCUT2D eigenvalue weighted by Crippen LogP contribution is -2.38. The highest BCUT2D eigenvalue weighted by Crippen LogP contribution is 2.22. The topological polar surface area (TPSA) is 96.6 Å². The number of hydrogen-bond donors (Lipinski definition) is 2. The lowest BCUT2D eigenvalue weighted by molar-refractivity contribution is 0.383. The van der Waals surface area contributed by atoms with Gasteiger partial charge in [0.05, 0.1) is 16.8 Å². The van der Waals surface area contributed by atoms with Crippen LogP contribution in [0.4, 0.5) is 0 Å². The summed E-state index contributed by atoms with van der Waals surface area (Å²) in [6.07, 6.45) is 2.22. The van der Waals surface area contributed by atoms with Gasteiger partial charge in [-0.05, 0) is 25.5 Å². The number of aliphatic imine (C=N–C) groups is 1. The molecule has 1 aromatic carbocycles. The second-order valence-electron chi connectivity index (χ2n) is 7.48. The van der Waals surface area contributed by atoms with Gasteiger partial charge in [0.15, 0.2) is 15.8 Å². The van der Waals surface area contributed by atoms with E-state index in [2.05, 4.69) is 41.4 Å². The Kier molecular flexibility index (Phi) is 7.62. The first kappa shape index (κ1) is 21.9. The Morgan fingerprint density at radius 3 is 2.50 bits per heavy atom. The summed E-state index contributed by atoms with van der Waals surface area (Å²) in [5, 5.41) is 6.30. The zero-order valence-corrected chi connectivity index (χ0v) is 17.8. The maximum Gasteiger partial charge on any atom is 0.216 e. The average Bonchev–Trinajstić information content (AvgIpc) is 3.13. The first-order chi connectivity index (χ1) is 13.2. The molecule has 0 atom stereocenters. The molecule has 0 aliphatic carbocycles. The van der Waals surface area contributed by atoms with E-state index in [1.807, 2.05) is 6.92 Å². The molecule has 0 aliphatic rings. The van der Waals surface area contributed by atoms with Crippen LogP contribution >= 0.6 is 0 Å². The Bertz CT molecular complexity index is 868. The fourth-order valence-electron chi connectivity index (χ4n) is 2.43. The van der Waals surface area contributed by atoms with Crippen molar-refractivity contribution in [1.82, 2.24) is 15.6 Å². The quantitative estimate of drug-likeness (QED) is 0.397. The third-order valence-corrected chi connectivity index (χ3v) is 5.81. The summed E-state index contributed by atoms with van der Waals surface area (Å²) in [6.45, 7) is 9.68. The number of rotatable bonds is 8. The van der Waals surface area contributed by atoms with E-state index >= 15 is 0 Å². The van der Waals surface area contributed by atoms with Gasteiger partial charge in [-0.1, -0.05) is 39.0 Å². The van der Waals surface area contributed by atoms with Gasteiger partial charge >= 0.3 is 0 Å². The third kappa shape index (κ3) is 6.67. The van der Waals surface area contributed by atoms with Gasteiger partial charge in [0, 0.05) is 18.5 Å². The van der Waals surface area contributed by atoms with Crippen LogP contribution in [0.5, 0.6) is 0 Å². The molecule has 0 saturated heterocycles. The Morgan fingerprint density at radius 2 is 1.89 bits per heavy atom. The fourth-order valence-corrected chi connectivity index (χ4v) is 3.77. The zero-order chi connectivity index (χ0) is 20.6. The predicted octanol–water partition coefficient (Wildman–Crippen LogP) is 2.89. The molecule has 1 aromatic heterocycles. The Labute approximate surface area is 167 Å². The zero-order valence-electron chi connectivity index (χ0n) is 17.0. The monoisotopic (exact) mass is 406 g/mol. The largest absolute Gasteiger partial charge is 0.443 e. The van der Waals surface area contributed by atoms with Crippen molar-refractivity contribution < 1.29 is 12.8 Å². The normalized spacial score (nSPS) is 12.8. The van der Waals surface area contributed by atoms with Gasteiger partial charge in [-0.2, -0.15) is 0 Å². The van der Waals surface area contributed by atoms with E-state index in [1.165, 1.54) is 0 Å². The van der Waals surface area contributed by atoms with E-state index in [9.17, 15) is 8.42 Å². The predicted molar refractivity (Wildman–Crippen MR) is 111 cm³/mol. The first-order valence-electron chi connectivity index (χ1n) is 9.47. The molecule has 2 N–H and O–H groups in total. The molecule has 0 spiro atoms. The van der Waals surface area contributed by atoms with Crippen LogP contribution in [0, 0.1) is 0 Å². The minimum Gasteiger partial charge on any atom is -0.443 e. The van der Waals surface area contributed by atoms with E-state index in [0.717, 1.165) is 5.76 Å². The summed E-state index contributed by atoms with van der Waals surface area (Å²) >= 11 is 0. The summed E-state index contributed by atoms with van der Waals surface area (Å²) in [5.41, 5.74) is -0.0953. The molecule has 0 bridgehead atoms. The molecule has 0 radical (unpaired) electrons. The Morgan fingerprint density at radius 1 is 1.18 bits per heavy atom. The summed E-state index contributed by atoms with van der Waals surface area (Å²) in [6, 6.07) is 8.51. The SMILES string of the molecule is CCNC(=NCc1ncc(C(C)(C)C)o1)NCCCS(=O)(=O)c1ccccc1. The number of benzene rings is 1. The van der Waals surface area contributed by atoms with Crippen molar-refractivity contribution in [3.05, 3.63) is 48.2 Å². The molecular formula is C20H30N4O3S. The van der Waals surface area contributed by atoms with Gasteiger partial charge in [-0.25, -0.2) is 18.4 Å². The van der Waals surface area contributed by atoms with Crippen LogP contribution < -0.4 is 10.6 Å². The van der Waals surface area contributed by atoms with Gasteiger partial charge < -0.3 is 15.1 Å². The molecule has 0 aliphatic heterocycles. The number of sulfone groups is 1. The van der Waals surface area contributed by atoms with Gasteiger partial charge in [-0.3, -0.25) is 0 Å². The maximum atomic E-state index is 12.3. The molecule has 0 fully saturated rings. The number of aromatic nitrogens is 1. The van der Waals surface area contributed by atoms with Crippen molar-refractivity contribution in [3.8, 4) is 0 Å². The van der Waals surface area contributed by atoms with Gasteiger partial charge in [-0.15, -0.1) is 0 Å². The fraction of sp³-hybridized carbons (Fsp3) is 0.500. The lowest BCUT2D eigenvalue weighted by Gasteiger charge is -2.13. The number of guanidine groups is 1. The minimum atomic E-state index is -3.26. The number of nitrogens with zero attached hydrogens (tertiary/aromatic N) is 2. The van der Waals surface area contributed by atoms with Crippen LogP contribution in [0.2, 0.25) is 0 Å². The van der Waals surface area contributed by atoms with Gasteiger partial charge in [0.1, 0.15) is 12.3 Å². The summed E-state index contributed by atoms with van der Waals surface area (Å²) < 4.78 is 30.3. The number of hydrogen-bond acceptors (Lipinski definition) is 5. The Balaban J connectivity index is 1.87. The number of nitrogens with one attached hydrogen (secondary N) is 2. The van der Waals surface area contributed by atoms with Gasteiger partial charge in [0.25, 0.3) is 0 Å². The molecule has 2 aromatic rings. The van der Waals surface area contributed by atoms with Crippen molar-refractivity contribution in [3.63, 3.8) is 0 Å². The highest BCUT2D eigenvalue weighted by molar-refractivity contribution is 7.91. The minimum absolute atomic E-state index is 0.0814. The van der Waals surface area contributed by atoms with Crippen LogP contribution in [0.3, 0.4) is 0 Å². The molecule has 8 heteroatoms. The van der Waals surface area contributed by atoms with Crippen molar-refractivity contribution in [2.75, 3.05) is 18.8 Å². The average molecular weight is 407 g/mol. The first-order valence-corrected chi connectivity index (χ1v) is 11.1. The van der Waals surface area contributed by atoms with E-state index in [4.69, 9.17) is 4.42 Å². The van der Waals surface area contributed by atoms with E-state index in [-0.39, 0.29) is 11.2 Å². The smallest absolute Gasteiger partial charge is 0.216 e. The third-order valence-electron chi connectivity index (χ3n) is 3.99. The summed E-state index contributed by atoms with van der Waals surface area (Å²) in [4.78, 5) is 9.08. The van der Waals surface area contributed by atoms with E-state index in [0.29, 0.717) is 42.8 Å². The molecule has 7 nitrogen and oxygen atoms in total. The standard InChI is InChI=1S/C20H30N4O3S/c1-5-21-19(24-15-18-23-14-17(27-18)20(2,3)4)22-12-9-13-28(25,26)16-10-7-6-8-11-16/h6-8,10-11,14H,5,9,12-13,15H2,1-4H3,(H2,21,22,24). The molecular weight excluding hydrogens is 376 g/mol. The van der Waals surface area contributed by atoms with Crippen molar-refractivity contribution in [2.24, 2.45) is 4.99 Å². The Hall–Kier alpha value is -2.35. The molecule has 154 valence electrons. The van der Waals surface area contributed by atoms with Crippen LogP contribution in [0.25, 0.3) is 0 Å². The second-order valence-corrected chi connectivity index (χ2v) is 9.58. The van der Waals surface area contributed by atoms with Crippen LogP contribution in [0.15, 0.2) is 50.8 Å². The highest BCUT2D eigenvalue weighted by Gasteiger charge is 2.19. The summed E-state index contributed by atoms with van der Waals surface area (Å²) in [5.74, 6) is 2.06. The molecule has 1 heterocycles. The second kappa shape index (κ2) is 9.73. The maximum absolute atomic E-state index is 12.3. The highest BCUT2D eigenvalue weighted by atomic mass is 32.2. The molecule has 2 rings (SSSR count). The molecule has 0 amide bonds. The van der Waals surface area contributed by atoms with E-state index < -0.39 is 9.84 Å². The number of oxazole rings is 1. The lowest BCUT2D eigenvalue weighted by atomic mass is 9.94. The molecule has 0 unspecified atom stereocenters. The molecule has 28 heavy (non-hydrogen) atoms. The van der Waals surface area contributed by atoms with Crippen molar-refractivity contribution in [2.45, 2.75) is 51.0 Å². The van der Waals surface area contributed by atoms with Crippen LogP contribution in [-0.4, -0.2) is 38.2 Å². The van der Waals surface area contributed by atoms with Crippen LogP contribution in [0.1, 0.15) is 45.8 Å². The van der Waals surface area contributed by atoms with Gasteiger partial charge in [0.2, 0.25) is 5.89 Å².